The number of non-ortho nitro benzene ring substituents is 1. The van der Waals surface area contributed by atoms with E-state index >= 15 is 0 Å². The second-order valence-corrected chi connectivity index (χ2v) is 16.0. The summed E-state index contributed by atoms with van der Waals surface area (Å²) in [5, 5.41) is 18.4. The molecular weight excluding hydrogens is 719 g/mol. The highest BCUT2D eigenvalue weighted by atomic mass is 32.2. The first-order chi connectivity index (χ1) is 25.5. The third-order valence-electron chi connectivity index (χ3n) is 7.54. The standard InChI is InChI=1S/C22H21NO2S.C19H20N2O4S.C2H6/c1-22(2,3)21(25)23-18-13-6-7-14-19(18)26-20(24)17-12-8-10-15-9-4-5-11-16(15)17;1-19(2,3)18(23)20-15-9-4-5-10-16(15)26-17(22)12-13-7-6-8-14(11-13)21(24)25;1-2/h4-14H,1-3H3,(H,23,25);4-11H,12H2,1-3H3,(H,20,23);1-2H3. The van der Waals surface area contributed by atoms with Crippen LogP contribution in [0.25, 0.3) is 10.8 Å². The van der Waals surface area contributed by atoms with E-state index < -0.39 is 15.8 Å². The number of hydrogen-bond acceptors (Lipinski definition) is 8. The van der Waals surface area contributed by atoms with Gasteiger partial charge in [0.2, 0.25) is 16.9 Å². The number of nitro groups is 1. The maximum absolute atomic E-state index is 12.9. The van der Waals surface area contributed by atoms with Crippen LogP contribution in [0, 0.1) is 20.9 Å². The van der Waals surface area contributed by atoms with E-state index in [1.165, 1.54) is 12.1 Å². The Balaban J connectivity index is 0.000000278. The molecule has 0 spiro atoms. The molecule has 0 bridgehead atoms. The molecule has 0 unspecified atom stereocenters. The molecule has 0 heterocycles. The number of hydrogen-bond donors (Lipinski definition) is 2. The third kappa shape index (κ3) is 12.7. The number of rotatable bonds is 8. The Hall–Kier alpha value is -5.26. The van der Waals surface area contributed by atoms with Gasteiger partial charge in [-0.25, -0.2) is 0 Å². The minimum atomic E-state index is -0.551. The number of nitrogens with one attached hydrogen (secondary N) is 2. The highest BCUT2D eigenvalue weighted by molar-refractivity contribution is 8.14. The summed E-state index contributed by atoms with van der Waals surface area (Å²) in [5.74, 6) is -0.222. The average molecular weight is 766 g/mol. The largest absolute Gasteiger partial charge is 0.325 e. The van der Waals surface area contributed by atoms with Crippen LogP contribution in [-0.2, 0) is 20.8 Å². The van der Waals surface area contributed by atoms with Crippen molar-refractivity contribution >= 4 is 73.4 Å². The molecule has 0 aliphatic heterocycles. The molecule has 0 aliphatic carbocycles. The van der Waals surface area contributed by atoms with Gasteiger partial charge in [0.1, 0.15) is 0 Å². The maximum Gasteiger partial charge on any atom is 0.269 e. The Morgan fingerprint density at radius 3 is 1.67 bits per heavy atom. The highest BCUT2D eigenvalue weighted by Gasteiger charge is 2.24. The Labute approximate surface area is 325 Å². The van der Waals surface area contributed by atoms with Gasteiger partial charge in [-0.1, -0.05) is 128 Å². The van der Waals surface area contributed by atoms with Crippen LogP contribution in [0.15, 0.2) is 125 Å². The average Bonchev–Trinajstić information content (AvgIpc) is 3.13. The van der Waals surface area contributed by atoms with Gasteiger partial charge in [0.25, 0.3) is 5.69 Å². The summed E-state index contributed by atoms with van der Waals surface area (Å²) < 4.78 is 0. The minimum Gasteiger partial charge on any atom is -0.325 e. The zero-order valence-electron chi connectivity index (χ0n) is 31.9. The van der Waals surface area contributed by atoms with Crippen molar-refractivity contribution in [3.63, 3.8) is 0 Å². The molecule has 2 amide bonds. The molecular formula is C43H47N3O6S2. The van der Waals surface area contributed by atoms with Crippen molar-refractivity contribution in [1.29, 1.82) is 0 Å². The van der Waals surface area contributed by atoms with Gasteiger partial charge < -0.3 is 10.6 Å². The number of carbonyl (C=O) groups excluding carboxylic acids is 4. The summed E-state index contributed by atoms with van der Waals surface area (Å²) in [4.78, 5) is 61.5. The van der Waals surface area contributed by atoms with Crippen molar-refractivity contribution in [2.45, 2.75) is 71.6 Å². The van der Waals surface area contributed by atoms with Crippen LogP contribution in [0.1, 0.15) is 71.3 Å². The SMILES string of the molecule is CC.CC(C)(C)C(=O)Nc1ccccc1SC(=O)Cc1cccc([N+](=O)[O-])c1.CC(C)(C)C(=O)Nc1ccccc1SC(=O)c1cccc2ccccc12. The molecule has 5 rings (SSSR count). The Bertz CT molecular complexity index is 2110. The summed E-state index contributed by atoms with van der Waals surface area (Å²) in [6, 6.07) is 34.1. The Kier molecular flexibility index (Phi) is 15.7. The van der Waals surface area contributed by atoms with Crippen LogP contribution in [0.5, 0.6) is 0 Å². The third-order valence-corrected chi connectivity index (χ3v) is 9.47. The van der Waals surface area contributed by atoms with Crippen LogP contribution >= 0.6 is 23.5 Å². The zero-order chi connectivity index (χ0) is 40.1. The number of anilines is 2. The first-order valence-electron chi connectivity index (χ1n) is 17.5. The number of para-hydroxylation sites is 2. The number of amides is 2. The van der Waals surface area contributed by atoms with Gasteiger partial charge in [-0.2, -0.15) is 0 Å². The smallest absolute Gasteiger partial charge is 0.269 e. The maximum atomic E-state index is 12.9. The van der Waals surface area contributed by atoms with Gasteiger partial charge in [-0.05, 0) is 70.2 Å². The first-order valence-corrected chi connectivity index (χ1v) is 19.1. The summed E-state index contributed by atoms with van der Waals surface area (Å²) in [5.41, 5.74) is 1.38. The van der Waals surface area contributed by atoms with Crippen LogP contribution in [0.4, 0.5) is 17.1 Å². The van der Waals surface area contributed by atoms with Gasteiger partial charge >= 0.3 is 0 Å². The lowest BCUT2D eigenvalue weighted by atomic mass is 9.95. The van der Waals surface area contributed by atoms with E-state index in [1.807, 2.05) is 122 Å². The molecule has 11 heteroatoms. The van der Waals surface area contributed by atoms with Crippen LogP contribution in [0.3, 0.4) is 0 Å². The molecule has 5 aromatic rings. The van der Waals surface area contributed by atoms with Crippen molar-refractivity contribution in [2.75, 3.05) is 10.6 Å². The van der Waals surface area contributed by atoms with Gasteiger partial charge in [-0.15, -0.1) is 0 Å². The van der Waals surface area contributed by atoms with E-state index in [9.17, 15) is 29.3 Å². The number of nitro benzene ring substituents is 1. The number of benzene rings is 5. The van der Waals surface area contributed by atoms with E-state index in [-0.39, 0.29) is 34.2 Å². The second kappa shape index (κ2) is 19.7. The van der Waals surface area contributed by atoms with E-state index in [0.29, 0.717) is 27.4 Å². The molecule has 54 heavy (non-hydrogen) atoms. The lowest BCUT2D eigenvalue weighted by molar-refractivity contribution is -0.384. The molecule has 0 radical (unpaired) electrons. The van der Waals surface area contributed by atoms with Crippen LogP contribution in [-0.4, -0.2) is 27.0 Å². The van der Waals surface area contributed by atoms with Crippen molar-refractivity contribution in [3.05, 3.63) is 137 Å². The minimum absolute atomic E-state index is 0.0424. The molecule has 0 aliphatic rings. The highest BCUT2D eigenvalue weighted by Crippen LogP contribution is 2.33. The van der Waals surface area contributed by atoms with E-state index in [0.717, 1.165) is 39.2 Å². The first kappa shape index (κ1) is 43.1. The summed E-state index contributed by atoms with van der Waals surface area (Å²) in [6.45, 7) is 15.0. The fraction of sp³-hybridized carbons (Fsp3) is 0.256. The molecule has 282 valence electrons. The van der Waals surface area contributed by atoms with Crippen molar-refractivity contribution in [3.8, 4) is 0 Å². The summed E-state index contributed by atoms with van der Waals surface area (Å²) >= 11 is 2.15. The van der Waals surface area contributed by atoms with Crippen molar-refractivity contribution in [1.82, 2.24) is 0 Å². The molecule has 9 nitrogen and oxygen atoms in total. The quantitative estimate of drug-likeness (QED) is 0.0905. The molecule has 0 saturated carbocycles. The molecule has 0 atom stereocenters. The van der Waals surface area contributed by atoms with Gasteiger partial charge in [0.15, 0.2) is 5.12 Å². The fourth-order valence-electron chi connectivity index (χ4n) is 4.60. The zero-order valence-corrected chi connectivity index (χ0v) is 33.5. The monoisotopic (exact) mass is 765 g/mol. The fourth-order valence-corrected chi connectivity index (χ4v) is 6.32. The number of nitrogens with zero attached hydrogens (tertiary/aromatic N) is 1. The lowest BCUT2D eigenvalue weighted by Crippen LogP contribution is -2.27. The molecule has 0 fully saturated rings. The topological polar surface area (TPSA) is 135 Å². The molecule has 2 N–H and O–H groups in total. The van der Waals surface area contributed by atoms with Crippen LogP contribution in [0.2, 0.25) is 0 Å². The van der Waals surface area contributed by atoms with Crippen molar-refractivity contribution in [2.24, 2.45) is 10.8 Å². The normalized spacial score (nSPS) is 10.9. The predicted molar refractivity (Wildman–Crippen MR) is 222 cm³/mol. The van der Waals surface area contributed by atoms with Gasteiger partial charge in [0.05, 0.1) is 16.3 Å². The van der Waals surface area contributed by atoms with Gasteiger partial charge in [0, 0.05) is 44.7 Å². The predicted octanol–water partition coefficient (Wildman–Crippen LogP) is 11.2. The van der Waals surface area contributed by atoms with E-state index in [1.54, 1.807) is 36.4 Å². The molecule has 0 aromatic heterocycles. The number of carbonyl (C=O) groups is 4. The second-order valence-electron chi connectivity index (χ2n) is 13.9. The summed E-state index contributed by atoms with van der Waals surface area (Å²) in [6.07, 6.45) is 0.0634. The van der Waals surface area contributed by atoms with E-state index in [2.05, 4.69) is 10.6 Å². The van der Waals surface area contributed by atoms with Crippen LogP contribution < -0.4 is 10.6 Å². The summed E-state index contributed by atoms with van der Waals surface area (Å²) in [7, 11) is 0. The van der Waals surface area contributed by atoms with Gasteiger partial charge in [-0.3, -0.25) is 29.3 Å². The lowest BCUT2D eigenvalue weighted by Gasteiger charge is -2.19. The molecule has 5 aromatic carbocycles. The Morgan fingerprint density at radius 2 is 1.11 bits per heavy atom. The number of thioether (sulfide) groups is 2. The molecule has 0 saturated heterocycles. The van der Waals surface area contributed by atoms with E-state index in [4.69, 9.17) is 0 Å². The van der Waals surface area contributed by atoms with Crippen molar-refractivity contribution < 1.29 is 24.1 Å². The number of fused-ring (bicyclic) bond motifs is 1. The Morgan fingerprint density at radius 1 is 0.630 bits per heavy atom.